The largest absolute Gasteiger partial charge is 0.480 e. The maximum Gasteiger partial charge on any atom is 0.320 e. The number of amides is 1. The Hall–Kier alpha value is -1.43. The highest BCUT2D eigenvalue weighted by atomic mass is 16.4. The SMILES string of the molecule is CC(=O)CCC(=O)NCCCC[C@H](N)C(=O)O. The van der Waals surface area contributed by atoms with Crippen LogP contribution < -0.4 is 11.1 Å². The second-order valence-corrected chi connectivity index (χ2v) is 3.99. The smallest absolute Gasteiger partial charge is 0.320 e. The van der Waals surface area contributed by atoms with Gasteiger partial charge >= 0.3 is 5.97 Å². The summed E-state index contributed by atoms with van der Waals surface area (Å²) in [5.74, 6) is -1.16. The first-order chi connectivity index (χ1) is 7.93. The molecule has 0 aromatic heterocycles. The zero-order valence-electron chi connectivity index (χ0n) is 10.1. The molecule has 0 aliphatic heterocycles. The molecule has 6 nitrogen and oxygen atoms in total. The van der Waals surface area contributed by atoms with Crippen molar-refractivity contribution in [3.05, 3.63) is 0 Å². The van der Waals surface area contributed by atoms with Gasteiger partial charge in [0.05, 0.1) is 0 Å². The second kappa shape index (κ2) is 8.69. The molecule has 0 saturated carbocycles. The van der Waals surface area contributed by atoms with E-state index in [9.17, 15) is 14.4 Å². The lowest BCUT2D eigenvalue weighted by molar-refractivity contribution is -0.138. The summed E-state index contributed by atoms with van der Waals surface area (Å²) in [6.07, 6.45) is 2.21. The van der Waals surface area contributed by atoms with Crippen LogP contribution in [0.5, 0.6) is 0 Å². The van der Waals surface area contributed by atoms with Crippen molar-refractivity contribution >= 4 is 17.7 Å². The van der Waals surface area contributed by atoms with Crippen LogP contribution in [-0.2, 0) is 14.4 Å². The highest BCUT2D eigenvalue weighted by molar-refractivity contribution is 5.83. The molecule has 0 aliphatic carbocycles. The summed E-state index contributed by atoms with van der Waals surface area (Å²) < 4.78 is 0. The average Bonchev–Trinajstić information content (AvgIpc) is 2.25. The Morgan fingerprint density at radius 1 is 1.24 bits per heavy atom. The van der Waals surface area contributed by atoms with Gasteiger partial charge in [-0.2, -0.15) is 0 Å². The molecular formula is C11H20N2O4. The van der Waals surface area contributed by atoms with Gasteiger partial charge in [0.2, 0.25) is 5.91 Å². The molecule has 0 unspecified atom stereocenters. The van der Waals surface area contributed by atoms with Crippen LogP contribution in [0.3, 0.4) is 0 Å². The van der Waals surface area contributed by atoms with Gasteiger partial charge in [-0.05, 0) is 26.2 Å². The number of carboxylic acids is 1. The Bertz CT molecular complexity index is 279. The summed E-state index contributed by atoms with van der Waals surface area (Å²) in [5, 5.41) is 11.2. The Morgan fingerprint density at radius 3 is 2.41 bits per heavy atom. The van der Waals surface area contributed by atoms with Crippen molar-refractivity contribution in [2.24, 2.45) is 5.73 Å². The van der Waals surface area contributed by atoms with Crippen molar-refractivity contribution in [1.29, 1.82) is 0 Å². The normalized spacial score (nSPS) is 11.9. The first-order valence-corrected chi connectivity index (χ1v) is 5.68. The van der Waals surface area contributed by atoms with Crippen molar-refractivity contribution < 1.29 is 19.5 Å². The quantitative estimate of drug-likeness (QED) is 0.497. The number of unbranched alkanes of at least 4 members (excludes halogenated alkanes) is 1. The molecule has 1 atom stereocenters. The van der Waals surface area contributed by atoms with E-state index in [-0.39, 0.29) is 24.5 Å². The molecule has 1 amide bonds. The highest BCUT2D eigenvalue weighted by Gasteiger charge is 2.10. The maximum absolute atomic E-state index is 11.2. The topological polar surface area (TPSA) is 109 Å². The standard InChI is InChI=1S/C11H20N2O4/c1-8(14)5-6-10(15)13-7-3-2-4-9(12)11(16)17/h9H,2-7,12H2,1H3,(H,13,15)(H,16,17)/t9-/m0/s1. The fraction of sp³-hybridized carbons (Fsp3) is 0.727. The van der Waals surface area contributed by atoms with Crippen molar-refractivity contribution in [3.63, 3.8) is 0 Å². The van der Waals surface area contributed by atoms with Crippen LogP contribution in [0, 0.1) is 0 Å². The molecule has 17 heavy (non-hydrogen) atoms. The van der Waals surface area contributed by atoms with E-state index in [0.717, 1.165) is 0 Å². The Labute approximate surface area is 101 Å². The number of hydrogen-bond acceptors (Lipinski definition) is 4. The third kappa shape index (κ3) is 9.50. The molecule has 0 saturated heterocycles. The Kier molecular flexibility index (Phi) is 7.96. The predicted octanol–water partition coefficient (Wildman–Crippen LogP) is 0.0540. The molecule has 0 aromatic rings. The van der Waals surface area contributed by atoms with Crippen molar-refractivity contribution in [2.45, 2.75) is 45.1 Å². The molecule has 0 heterocycles. The van der Waals surface area contributed by atoms with Crippen LogP contribution in [0.4, 0.5) is 0 Å². The van der Waals surface area contributed by atoms with E-state index in [4.69, 9.17) is 10.8 Å². The Morgan fingerprint density at radius 2 is 1.88 bits per heavy atom. The molecule has 0 aliphatic rings. The summed E-state index contributed by atoms with van der Waals surface area (Å²) in [4.78, 5) is 32.2. The number of ketones is 1. The second-order valence-electron chi connectivity index (χ2n) is 3.99. The van der Waals surface area contributed by atoms with Gasteiger partial charge in [0.25, 0.3) is 0 Å². The third-order valence-corrected chi connectivity index (χ3v) is 2.29. The number of nitrogens with two attached hydrogens (primary N) is 1. The maximum atomic E-state index is 11.2. The highest BCUT2D eigenvalue weighted by Crippen LogP contribution is 1.98. The van der Waals surface area contributed by atoms with Crippen molar-refractivity contribution in [3.8, 4) is 0 Å². The first kappa shape index (κ1) is 15.6. The molecule has 0 rings (SSSR count). The molecule has 0 aromatic carbocycles. The minimum atomic E-state index is -1.00. The zero-order valence-corrected chi connectivity index (χ0v) is 10.1. The third-order valence-electron chi connectivity index (χ3n) is 2.29. The van der Waals surface area contributed by atoms with E-state index < -0.39 is 12.0 Å². The van der Waals surface area contributed by atoms with E-state index in [1.807, 2.05) is 0 Å². The van der Waals surface area contributed by atoms with Crippen LogP contribution in [-0.4, -0.2) is 35.4 Å². The van der Waals surface area contributed by atoms with E-state index in [1.165, 1.54) is 6.92 Å². The van der Waals surface area contributed by atoms with Gasteiger partial charge in [-0.25, -0.2) is 0 Å². The number of carbonyl (C=O) groups is 3. The summed E-state index contributed by atoms with van der Waals surface area (Å²) in [6, 6.07) is -0.830. The van der Waals surface area contributed by atoms with Crippen molar-refractivity contribution in [2.75, 3.05) is 6.54 Å². The molecule has 0 radical (unpaired) electrons. The van der Waals surface area contributed by atoms with Crippen LogP contribution >= 0.6 is 0 Å². The number of carboxylic acid groups (broad SMARTS) is 1. The van der Waals surface area contributed by atoms with Crippen molar-refractivity contribution in [1.82, 2.24) is 5.32 Å². The fourth-order valence-corrected chi connectivity index (χ4v) is 1.22. The van der Waals surface area contributed by atoms with E-state index in [1.54, 1.807) is 0 Å². The lowest BCUT2D eigenvalue weighted by atomic mass is 10.1. The molecule has 98 valence electrons. The Balaban J connectivity index is 3.42. The number of nitrogens with one attached hydrogen (secondary N) is 1. The van der Waals surface area contributed by atoms with Gasteiger partial charge in [-0.3, -0.25) is 9.59 Å². The first-order valence-electron chi connectivity index (χ1n) is 5.68. The van der Waals surface area contributed by atoms with E-state index >= 15 is 0 Å². The zero-order chi connectivity index (χ0) is 13.3. The molecule has 0 spiro atoms. The fourth-order valence-electron chi connectivity index (χ4n) is 1.22. The lowest BCUT2D eigenvalue weighted by Crippen LogP contribution is -2.30. The van der Waals surface area contributed by atoms with Gasteiger partial charge in [0.1, 0.15) is 11.8 Å². The minimum Gasteiger partial charge on any atom is -0.480 e. The summed E-state index contributed by atoms with van der Waals surface area (Å²) >= 11 is 0. The number of hydrogen-bond donors (Lipinski definition) is 3. The van der Waals surface area contributed by atoms with Gasteiger partial charge in [0, 0.05) is 19.4 Å². The van der Waals surface area contributed by atoms with Gasteiger partial charge in [-0.15, -0.1) is 0 Å². The molecular weight excluding hydrogens is 224 g/mol. The number of carbonyl (C=O) groups excluding carboxylic acids is 2. The van der Waals surface area contributed by atoms with Crippen LogP contribution in [0.1, 0.15) is 39.0 Å². The molecule has 6 heteroatoms. The van der Waals surface area contributed by atoms with E-state index in [2.05, 4.69) is 5.32 Å². The summed E-state index contributed by atoms with van der Waals surface area (Å²) in [5.41, 5.74) is 5.32. The number of aliphatic carboxylic acids is 1. The van der Waals surface area contributed by atoms with Crippen LogP contribution in [0.25, 0.3) is 0 Å². The lowest BCUT2D eigenvalue weighted by Gasteiger charge is -2.06. The van der Waals surface area contributed by atoms with E-state index in [0.29, 0.717) is 25.8 Å². The van der Waals surface area contributed by atoms with Gasteiger partial charge in [-0.1, -0.05) is 0 Å². The predicted molar refractivity (Wildman–Crippen MR) is 62.4 cm³/mol. The van der Waals surface area contributed by atoms with Gasteiger partial charge in [0.15, 0.2) is 0 Å². The summed E-state index contributed by atoms with van der Waals surface area (Å²) in [6.45, 7) is 1.93. The number of Topliss-reactive ketones (excluding diaryl/α,β-unsaturated/α-hetero) is 1. The monoisotopic (exact) mass is 244 g/mol. The number of rotatable bonds is 9. The molecule has 0 fully saturated rings. The molecule has 0 bridgehead atoms. The van der Waals surface area contributed by atoms with Crippen LogP contribution in [0.2, 0.25) is 0 Å². The average molecular weight is 244 g/mol. The van der Waals surface area contributed by atoms with Crippen LogP contribution in [0.15, 0.2) is 0 Å². The minimum absolute atomic E-state index is 0.00687. The summed E-state index contributed by atoms with van der Waals surface area (Å²) in [7, 11) is 0. The van der Waals surface area contributed by atoms with Gasteiger partial charge < -0.3 is 21.0 Å². The molecule has 4 N–H and O–H groups in total.